The van der Waals surface area contributed by atoms with E-state index in [1.54, 1.807) is 24.3 Å². The van der Waals surface area contributed by atoms with Crippen LogP contribution in [-0.2, 0) is 19.3 Å². The molecule has 3 N–H and O–H groups in total. The molecule has 0 spiro atoms. The maximum absolute atomic E-state index is 10.1. The van der Waals surface area contributed by atoms with Gasteiger partial charge in [0.2, 0.25) is 0 Å². The third-order valence-electron chi connectivity index (χ3n) is 3.62. The molecule has 0 amide bonds. The van der Waals surface area contributed by atoms with E-state index in [0.29, 0.717) is 12.0 Å². The standard InChI is InChI=1S/C19H22O3/c1-13(2)3-10-17-18(21)11-15(12-19(17)22)5-4-14-6-8-16(20)9-7-14/h3,6-9,11-12,20-22H,4-5,10H2,1-2H3. The van der Waals surface area contributed by atoms with Crippen molar-refractivity contribution in [2.75, 3.05) is 0 Å². The van der Waals surface area contributed by atoms with Crippen molar-refractivity contribution in [1.82, 2.24) is 0 Å². The van der Waals surface area contributed by atoms with E-state index in [0.717, 1.165) is 29.5 Å². The lowest BCUT2D eigenvalue weighted by atomic mass is 10.00. The van der Waals surface area contributed by atoms with Gasteiger partial charge in [-0.2, -0.15) is 0 Å². The molecule has 0 fully saturated rings. The molecule has 3 nitrogen and oxygen atoms in total. The maximum Gasteiger partial charge on any atom is 0.123 e. The summed E-state index contributed by atoms with van der Waals surface area (Å²) in [7, 11) is 0. The van der Waals surface area contributed by atoms with Gasteiger partial charge in [0.05, 0.1) is 0 Å². The first-order valence-electron chi connectivity index (χ1n) is 7.40. The van der Waals surface area contributed by atoms with Crippen LogP contribution in [0.5, 0.6) is 17.2 Å². The normalized spacial score (nSPS) is 10.5. The zero-order valence-electron chi connectivity index (χ0n) is 13.0. The van der Waals surface area contributed by atoms with Gasteiger partial charge in [-0.3, -0.25) is 0 Å². The second-order valence-electron chi connectivity index (χ2n) is 5.76. The Balaban J connectivity index is 2.09. The zero-order chi connectivity index (χ0) is 16.1. The first-order valence-corrected chi connectivity index (χ1v) is 7.40. The molecule has 0 aliphatic carbocycles. The van der Waals surface area contributed by atoms with E-state index in [9.17, 15) is 15.3 Å². The van der Waals surface area contributed by atoms with E-state index >= 15 is 0 Å². The van der Waals surface area contributed by atoms with E-state index in [1.807, 2.05) is 32.1 Å². The summed E-state index contributed by atoms with van der Waals surface area (Å²) in [5, 5.41) is 29.5. The Hall–Kier alpha value is -2.42. The zero-order valence-corrected chi connectivity index (χ0v) is 13.0. The van der Waals surface area contributed by atoms with Crippen LogP contribution < -0.4 is 0 Å². The minimum Gasteiger partial charge on any atom is -0.508 e. The monoisotopic (exact) mass is 298 g/mol. The van der Waals surface area contributed by atoms with Crippen molar-refractivity contribution in [3.8, 4) is 17.2 Å². The van der Waals surface area contributed by atoms with Crippen LogP contribution in [0.15, 0.2) is 48.0 Å². The summed E-state index contributed by atoms with van der Waals surface area (Å²) in [6.45, 7) is 3.97. The van der Waals surface area contributed by atoms with Crippen LogP contribution in [0, 0.1) is 0 Å². The molecule has 0 unspecified atom stereocenters. The van der Waals surface area contributed by atoms with E-state index < -0.39 is 0 Å². The number of aryl methyl sites for hydroxylation is 2. The molecule has 22 heavy (non-hydrogen) atoms. The molecule has 0 aromatic heterocycles. The van der Waals surface area contributed by atoms with Crippen molar-refractivity contribution < 1.29 is 15.3 Å². The summed E-state index contributed by atoms with van der Waals surface area (Å²) in [5.74, 6) is 0.527. The summed E-state index contributed by atoms with van der Waals surface area (Å²) in [4.78, 5) is 0. The molecule has 0 aliphatic rings. The third-order valence-corrected chi connectivity index (χ3v) is 3.62. The van der Waals surface area contributed by atoms with Gasteiger partial charge in [-0.05, 0) is 68.5 Å². The molecule has 0 saturated heterocycles. The molecule has 3 heteroatoms. The van der Waals surface area contributed by atoms with Crippen LogP contribution in [0.2, 0.25) is 0 Å². The summed E-state index contributed by atoms with van der Waals surface area (Å²) in [6, 6.07) is 10.5. The first-order chi connectivity index (χ1) is 10.5. The quantitative estimate of drug-likeness (QED) is 0.728. The van der Waals surface area contributed by atoms with Crippen LogP contribution in [0.4, 0.5) is 0 Å². The Morgan fingerprint density at radius 1 is 0.864 bits per heavy atom. The number of phenols is 3. The lowest BCUT2D eigenvalue weighted by Crippen LogP contribution is -1.93. The average Bonchev–Trinajstić information content (AvgIpc) is 2.45. The van der Waals surface area contributed by atoms with E-state index in [-0.39, 0.29) is 17.2 Å². The van der Waals surface area contributed by atoms with E-state index in [1.165, 1.54) is 0 Å². The van der Waals surface area contributed by atoms with Crippen molar-refractivity contribution in [2.45, 2.75) is 33.1 Å². The van der Waals surface area contributed by atoms with Gasteiger partial charge < -0.3 is 15.3 Å². The van der Waals surface area contributed by atoms with Gasteiger partial charge in [0.25, 0.3) is 0 Å². The van der Waals surface area contributed by atoms with Crippen LogP contribution >= 0.6 is 0 Å². The second-order valence-corrected chi connectivity index (χ2v) is 5.76. The van der Waals surface area contributed by atoms with Gasteiger partial charge in [-0.1, -0.05) is 23.8 Å². The highest BCUT2D eigenvalue weighted by atomic mass is 16.3. The molecule has 0 atom stereocenters. The molecule has 0 heterocycles. The highest BCUT2D eigenvalue weighted by molar-refractivity contribution is 5.48. The highest BCUT2D eigenvalue weighted by Crippen LogP contribution is 2.30. The molecule has 0 saturated carbocycles. The van der Waals surface area contributed by atoms with Gasteiger partial charge in [0, 0.05) is 5.56 Å². The van der Waals surface area contributed by atoms with Crippen molar-refractivity contribution in [3.05, 3.63) is 64.7 Å². The fourth-order valence-corrected chi connectivity index (χ4v) is 2.31. The number of phenolic OH excluding ortho intramolecular Hbond substituents is 3. The Bertz CT molecular complexity index is 643. The molecular weight excluding hydrogens is 276 g/mol. The minimum absolute atomic E-state index is 0.137. The first kappa shape index (κ1) is 16.0. The average molecular weight is 298 g/mol. The van der Waals surface area contributed by atoms with Gasteiger partial charge in [-0.25, -0.2) is 0 Å². The molecule has 116 valence electrons. The third kappa shape index (κ3) is 4.29. The van der Waals surface area contributed by atoms with Crippen molar-refractivity contribution >= 4 is 0 Å². The number of aromatic hydroxyl groups is 3. The van der Waals surface area contributed by atoms with Crippen molar-refractivity contribution in [1.29, 1.82) is 0 Å². The van der Waals surface area contributed by atoms with Gasteiger partial charge in [0.1, 0.15) is 17.2 Å². The predicted octanol–water partition coefficient (Wildman–Crippen LogP) is 4.10. The molecule has 2 rings (SSSR count). The number of benzene rings is 2. The Morgan fingerprint density at radius 3 is 1.95 bits per heavy atom. The SMILES string of the molecule is CC(C)=CCc1c(O)cc(CCc2ccc(O)cc2)cc1O. The van der Waals surface area contributed by atoms with Crippen LogP contribution in [-0.4, -0.2) is 15.3 Å². The molecule has 0 aliphatic heterocycles. The van der Waals surface area contributed by atoms with Gasteiger partial charge in [-0.15, -0.1) is 0 Å². The molecule has 2 aromatic rings. The molecular formula is C19H22O3. The van der Waals surface area contributed by atoms with Crippen molar-refractivity contribution in [3.63, 3.8) is 0 Å². The smallest absolute Gasteiger partial charge is 0.123 e. The lowest BCUT2D eigenvalue weighted by molar-refractivity contribution is 0.439. The van der Waals surface area contributed by atoms with Crippen molar-refractivity contribution in [2.24, 2.45) is 0 Å². The summed E-state index contributed by atoms with van der Waals surface area (Å²) in [5.41, 5.74) is 3.71. The maximum atomic E-state index is 10.1. The number of allylic oxidation sites excluding steroid dienone is 2. The second kappa shape index (κ2) is 7.03. The highest BCUT2D eigenvalue weighted by Gasteiger charge is 2.09. The molecule has 2 aromatic carbocycles. The number of hydrogen-bond donors (Lipinski definition) is 3. The van der Waals surface area contributed by atoms with E-state index in [4.69, 9.17) is 0 Å². The molecule has 0 bridgehead atoms. The van der Waals surface area contributed by atoms with Crippen LogP contribution in [0.25, 0.3) is 0 Å². The summed E-state index contributed by atoms with van der Waals surface area (Å²) >= 11 is 0. The fourth-order valence-electron chi connectivity index (χ4n) is 2.31. The summed E-state index contributed by atoms with van der Waals surface area (Å²) in [6.07, 6.45) is 4.00. The predicted molar refractivity (Wildman–Crippen MR) is 88.4 cm³/mol. The van der Waals surface area contributed by atoms with Crippen LogP contribution in [0.3, 0.4) is 0 Å². The number of hydrogen-bond acceptors (Lipinski definition) is 3. The Morgan fingerprint density at radius 2 is 1.41 bits per heavy atom. The number of rotatable bonds is 5. The topological polar surface area (TPSA) is 60.7 Å². The fraction of sp³-hybridized carbons (Fsp3) is 0.263. The Labute approximate surface area is 131 Å². The van der Waals surface area contributed by atoms with Gasteiger partial charge >= 0.3 is 0 Å². The van der Waals surface area contributed by atoms with Crippen LogP contribution in [0.1, 0.15) is 30.5 Å². The lowest BCUT2D eigenvalue weighted by Gasteiger charge is -2.09. The van der Waals surface area contributed by atoms with Gasteiger partial charge in [0.15, 0.2) is 0 Å². The Kier molecular flexibility index (Phi) is 5.10. The largest absolute Gasteiger partial charge is 0.508 e. The van der Waals surface area contributed by atoms with E-state index in [2.05, 4.69) is 0 Å². The molecule has 0 radical (unpaired) electrons. The summed E-state index contributed by atoms with van der Waals surface area (Å²) < 4.78 is 0. The minimum atomic E-state index is 0.137.